The second kappa shape index (κ2) is 5.86. The maximum atomic E-state index is 11.7. The molecule has 0 fully saturated rings. The Labute approximate surface area is 114 Å². The van der Waals surface area contributed by atoms with Crippen LogP contribution in [0.3, 0.4) is 0 Å². The van der Waals surface area contributed by atoms with Crippen molar-refractivity contribution in [3.63, 3.8) is 0 Å². The highest BCUT2D eigenvalue weighted by Crippen LogP contribution is 2.15. The zero-order valence-corrected chi connectivity index (χ0v) is 11.7. The number of carboxylic acid groups (broad SMARTS) is 1. The molecular formula is C12H15BrN2O3. The zero-order chi connectivity index (χ0) is 13.8. The molecule has 0 aromatic heterocycles. The number of halogens is 1. The van der Waals surface area contributed by atoms with Gasteiger partial charge in [0.2, 0.25) is 0 Å². The Bertz CT molecular complexity index is 447. The van der Waals surface area contributed by atoms with Crippen LogP contribution in [-0.2, 0) is 4.79 Å². The summed E-state index contributed by atoms with van der Waals surface area (Å²) in [5.41, 5.74) is -0.668. The van der Waals surface area contributed by atoms with Crippen molar-refractivity contribution < 1.29 is 14.7 Å². The van der Waals surface area contributed by atoms with E-state index in [0.29, 0.717) is 12.1 Å². The Morgan fingerprint density at radius 1 is 1.33 bits per heavy atom. The van der Waals surface area contributed by atoms with Crippen molar-refractivity contribution in [1.29, 1.82) is 0 Å². The van der Waals surface area contributed by atoms with Crippen molar-refractivity contribution in [3.05, 3.63) is 28.7 Å². The van der Waals surface area contributed by atoms with Gasteiger partial charge >= 0.3 is 12.0 Å². The average molecular weight is 315 g/mol. The molecule has 0 saturated heterocycles. The molecule has 5 nitrogen and oxygen atoms in total. The number of amides is 2. The number of carboxylic acids is 1. The highest BCUT2D eigenvalue weighted by atomic mass is 79.9. The lowest BCUT2D eigenvalue weighted by Gasteiger charge is -2.24. The number of benzene rings is 1. The van der Waals surface area contributed by atoms with Crippen LogP contribution in [0.2, 0.25) is 0 Å². The molecule has 0 saturated carbocycles. The molecule has 98 valence electrons. The molecule has 0 spiro atoms. The van der Waals surface area contributed by atoms with E-state index >= 15 is 0 Å². The first-order valence-corrected chi connectivity index (χ1v) is 6.25. The summed E-state index contributed by atoms with van der Waals surface area (Å²) >= 11 is 3.28. The van der Waals surface area contributed by atoms with E-state index in [-0.39, 0.29) is 0 Å². The first-order valence-electron chi connectivity index (χ1n) is 5.45. The van der Waals surface area contributed by atoms with Gasteiger partial charge in [-0.25, -0.2) is 9.59 Å². The quantitative estimate of drug-likeness (QED) is 0.799. The lowest BCUT2D eigenvalue weighted by Crippen LogP contribution is -2.53. The number of carbonyl (C=O) groups is 2. The third kappa shape index (κ3) is 3.73. The minimum absolute atomic E-state index is 0.302. The topological polar surface area (TPSA) is 78.4 Å². The standard InChI is InChI=1S/C12H15BrN2O3/c1-3-12(2,10(16)17)15-11(18)14-9-6-4-8(13)5-7-9/h4-7H,3H2,1-2H3,(H,16,17)(H2,14,15,18). The Morgan fingerprint density at radius 3 is 2.33 bits per heavy atom. The van der Waals surface area contributed by atoms with E-state index in [1.807, 2.05) is 0 Å². The van der Waals surface area contributed by atoms with Crippen molar-refractivity contribution >= 4 is 33.6 Å². The van der Waals surface area contributed by atoms with Gasteiger partial charge in [-0.1, -0.05) is 22.9 Å². The number of aliphatic carboxylic acids is 1. The molecule has 18 heavy (non-hydrogen) atoms. The van der Waals surface area contributed by atoms with E-state index in [1.54, 1.807) is 31.2 Å². The number of anilines is 1. The molecule has 2 amide bonds. The van der Waals surface area contributed by atoms with Crippen molar-refractivity contribution in [1.82, 2.24) is 5.32 Å². The smallest absolute Gasteiger partial charge is 0.329 e. The Kier molecular flexibility index (Phi) is 4.72. The normalized spacial score (nSPS) is 13.5. The Hall–Kier alpha value is -1.56. The third-order valence-corrected chi connectivity index (χ3v) is 3.20. The lowest BCUT2D eigenvalue weighted by molar-refractivity contribution is -0.143. The first-order chi connectivity index (χ1) is 8.37. The van der Waals surface area contributed by atoms with Gasteiger partial charge in [0.1, 0.15) is 5.54 Å². The summed E-state index contributed by atoms with van der Waals surface area (Å²) in [5, 5.41) is 14.1. The summed E-state index contributed by atoms with van der Waals surface area (Å²) in [5.74, 6) is -1.06. The number of urea groups is 1. The van der Waals surface area contributed by atoms with Crippen LogP contribution in [0, 0.1) is 0 Å². The van der Waals surface area contributed by atoms with Crippen LogP contribution in [-0.4, -0.2) is 22.6 Å². The van der Waals surface area contributed by atoms with Crippen LogP contribution in [0.15, 0.2) is 28.7 Å². The summed E-state index contributed by atoms with van der Waals surface area (Å²) < 4.78 is 0.900. The largest absolute Gasteiger partial charge is 0.480 e. The predicted molar refractivity (Wildman–Crippen MR) is 72.6 cm³/mol. The van der Waals surface area contributed by atoms with Crippen molar-refractivity contribution in [2.75, 3.05) is 5.32 Å². The van der Waals surface area contributed by atoms with Crippen LogP contribution in [0.5, 0.6) is 0 Å². The minimum Gasteiger partial charge on any atom is -0.480 e. The van der Waals surface area contributed by atoms with E-state index in [1.165, 1.54) is 6.92 Å². The summed E-state index contributed by atoms with van der Waals surface area (Å²) in [6.45, 7) is 3.17. The van der Waals surface area contributed by atoms with E-state index < -0.39 is 17.5 Å². The molecule has 6 heteroatoms. The molecule has 1 aromatic rings. The highest BCUT2D eigenvalue weighted by Gasteiger charge is 2.32. The van der Waals surface area contributed by atoms with Crippen LogP contribution in [0.4, 0.5) is 10.5 Å². The van der Waals surface area contributed by atoms with Gasteiger partial charge in [-0.05, 0) is 37.6 Å². The van der Waals surface area contributed by atoms with E-state index in [9.17, 15) is 9.59 Å². The number of nitrogens with one attached hydrogen (secondary N) is 2. The van der Waals surface area contributed by atoms with E-state index in [2.05, 4.69) is 26.6 Å². The van der Waals surface area contributed by atoms with Gasteiger partial charge in [0.25, 0.3) is 0 Å². The second-order valence-electron chi connectivity index (χ2n) is 4.08. The van der Waals surface area contributed by atoms with Gasteiger partial charge in [-0.15, -0.1) is 0 Å². The number of hydrogen-bond acceptors (Lipinski definition) is 2. The fourth-order valence-electron chi connectivity index (χ4n) is 1.24. The molecule has 1 aromatic carbocycles. The lowest BCUT2D eigenvalue weighted by atomic mass is 10.00. The van der Waals surface area contributed by atoms with Crippen molar-refractivity contribution in [3.8, 4) is 0 Å². The average Bonchev–Trinajstić information content (AvgIpc) is 2.31. The Balaban J connectivity index is 2.66. The fraction of sp³-hybridized carbons (Fsp3) is 0.333. The maximum Gasteiger partial charge on any atom is 0.329 e. The third-order valence-electron chi connectivity index (χ3n) is 2.67. The number of rotatable bonds is 4. The minimum atomic E-state index is -1.26. The summed E-state index contributed by atoms with van der Waals surface area (Å²) in [6, 6.07) is 6.46. The van der Waals surface area contributed by atoms with Crippen LogP contribution >= 0.6 is 15.9 Å². The molecule has 0 aliphatic carbocycles. The van der Waals surface area contributed by atoms with Gasteiger partial charge < -0.3 is 15.7 Å². The molecule has 3 N–H and O–H groups in total. The molecule has 0 heterocycles. The van der Waals surface area contributed by atoms with Gasteiger partial charge in [0.05, 0.1) is 0 Å². The number of carbonyl (C=O) groups excluding carboxylic acids is 1. The molecular weight excluding hydrogens is 300 g/mol. The molecule has 0 aliphatic rings. The molecule has 1 unspecified atom stereocenters. The second-order valence-corrected chi connectivity index (χ2v) is 4.99. The van der Waals surface area contributed by atoms with Gasteiger partial charge in [-0.2, -0.15) is 0 Å². The predicted octanol–water partition coefficient (Wildman–Crippen LogP) is 2.82. The maximum absolute atomic E-state index is 11.7. The molecule has 0 aliphatic heterocycles. The first kappa shape index (κ1) is 14.5. The molecule has 1 atom stereocenters. The zero-order valence-electron chi connectivity index (χ0n) is 10.2. The summed E-state index contributed by atoms with van der Waals surface area (Å²) in [7, 11) is 0. The fourth-order valence-corrected chi connectivity index (χ4v) is 1.50. The Morgan fingerprint density at radius 2 is 1.89 bits per heavy atom. The molecule has 0 radical (unpaired) electrons. The summed E-state index contributed by atoms with van der Waals surface area (Å²) in [6.07, 6.45) is 0.302. The summed E-state index contributed by atoms with van der Waals surface area (Å²) in [4.78, 5) is 22.7. The highest BCUT2D eigenvalue weighted by molar-refractivity contribution is 9.10. The van der Waals surface area contributed by atoms with Crippen LogP contribution in [0.1, 0.15) is 20.3 Å². The van der Waals surface area contributed by atoms with Crippen molar-refractivity contribution in [2.24, 2.45) is 0 Å². The molecule has 1 rings (SSSR count). The van der Waals surface area contributed by atoms with E-state index in [0.717, 1.165) is 4.47 Å². The van der Waals surface area contributed by atoms with Crippen molar-refractivity contribution in [2.45, 2.75) is 25.8 Å². The number of hydrogen-bond donors (Lipinski definition) is 3. The van der Waals surface area contributed by atoms with Gasteiger partial charge in [0.15, 0.2) is 0 Å². The SMILES string of the molecule is CCC(C)(NC(=O)Nc1ccc(Br)cc1)C(=O)O. The van der Waals surface area contributed by atoms with Gasteiger partial charge in [0, 0.05) is 10.2 Å². The van der Waals surface area contributed by atoms with Crippen LogP contribution in [0.25, 0.3) is 0 Å². The molecule has 0 bridgehead atoms. The van der Waals surface area contributed by atoms with E-state index in [4.69, 9.17) is 5.11 Å². The monoisotopic (exact) mass is 314 g/mol. The van der Waals surface area contributed by atoms with Crippen LogP contribution < -0.4 is 10.6 Å². The van der Waals surface area contributed by atoms with Gasteiger partial charge in [-0.3, -0.25) is 0 Å².